The fourth-order valence-corrected chi connectivity index (χ4v) is 2.12. The number of hydrogen-bond acceptors (Lipinski definition) is 3. The van der Waals surface area contributed by atoms with Gasteiger partial charge in [-0.1, -0.05) is 19.8 Å². The van der Waals surface area contributed by atoms with Crippen LogP contribution in [0.2, 0.25) is 0 Å². The summed E-state index contributed by atoms with van der Waals surface area (Å²) in [5, 5.41) is 11.6. The van der Waals surface area contributed by atoms with E-state index < -0.39 is 17.9 Å². The quantitative estimate of drug-likeness (QED) is 0.825. The summed E-state index contributed by atoms with van der Waals surface area (Å²) < 4.78 is 5.42. The summed E-state index contributed by atoms with van der Waals surface area (Å²) in [7, 11) is 0. The number of nitrogens with one attached hydrogen (secondary N) is 1. The monoisotopic (exact) mass is 265 g/mol. The number of aliphatic carboxylic acids is 1. The van der Waals surface area contributed by atoms with E-state index in [1.165, 1.54) is 0 Å². The molecule has 1 aliphatic carbocycles. The van der Waals surface area contributed by atoms with Crippen LogP contribution in [0.1, 0.15) is 48.1 Å². The first-order valence-electron chi connectivity index (χ1n) is 6.64. The fraction of sp³-hybridized carbons (Fsp3) is 0.571. The van der Waals surface area contributed by atoms with Crippen molar-refractivity contribution in [1.82, 2.24) is 5.32 Å². The number of aryl methyl sites for hydroxylation is 2. The predicted molar refractivity (Wildman–Crippen MR) is 69.1 cm³/mol. The SMILES string of the molecule is CCc1oc(C(=O)NC(CC2CC2)C(=O)O)cc1C. The smallest absolute Gasteiger partial charge is 0.326 e. The van der Waals surface area contributed by atoms with Crippen LogP contribution in [0.25, 0.3) is 0 Å². The number of furan rings is 1. The van der Waals surface area contributed by atoms with E-state index in [4.69, 9.17) is 9.52 Å². The zero-order valence-electron chi connectivity index (χ0n) is 11.2. The molecule has 5 heteroatoms. The Kier molecular flexibility index (Phi) is 3.93. The Hall–Kier alpha value is -1.78. The Morgan fingerprint density at radius 2 is 2.21 bits per heavy atom. The van der Waals surface area contributed by atoms with Gasteiger partial charge < -0.3 is 14.8 Å². The van der Waals surface area contributed by atoms with Gasteiger partial charge in [-0.15, -0.1) is 0 Å². The molecule has 0 saturated heterocycles. The van der Waals surface area contributed by atoms with Gasteiger partial charge in [-0.05, 0) is 30.9 Å². The number of carbonyl (C=O) groups is 2. The molecular weight excluding hydrogens is 246 g/mol. The number of hydrogen-bond donors (Lipinski definition) is 2. The van der Waals surface area contributed by atoms with Crippen LogP contribution in [-0.2, 0) is 11.2 Å². The number of amides is 1. The Balaban J connectivity index is 2.02. The van der Waals surface area contributed by atoms with Crippen LogP contribution in [0.3, 0.4) is 0 Å². The zero-order valence-corrected chi connectivity index (χ0v) is 11.2. The summed E-state index contributed by atoms with van der Waals surface area (Å²) in [6.07, 6.45) is 3.32. The first-order chi connectivity index (χ1) is 9.01. The molecule has 0 spiro atoms. The van der Waals surface area contributed by atoms with Crippen LogP contribution in [0, 0.1) is 12.8 Å². The maximum Gasteiger partial charge on any atom is 0.326 e. The Bertz CT molecular complexity index is 488. The lowest BCUT2D eigenvalue weighted by Crippen LogP contribution is -2.41. The van der Waals surface area contributed by atoms with Gasteiger partial charge in [-0.25, -0.2) is 4.79 Å². The van der Waals surface area contributed by atoms with E-state index in [-0.39, 0.29) is 5.76 Å². The first-order valence-corrected chi connectivity index (χ1v) is 6.64. The Morgan fingerprint density at radius 1 is 1.53 bits per heavy atom. The summed E-state index contributed by atoms with van der Waals surface area (Å²) in [5.74, 6) is -0.0448. The average Bonchev–Trinajstić information content (AvgIpc) is 3.09. The van der Waals surface area contributed by atoms with Gasteiger partial charge in [0.25, 0.3) is 5.91 Å². The van der Waals surface area contributed by atoms with Crippen molar-refractivity contribution in [1.29, 1.82) is 0 Å². The molecule has 2 rings (SSSR count). The molecule has 5 nitrogen and oxygen atoms in total. The molecular formula is C14H19NO4. The molecule has 104 valence electrons. The summed E-state index contributed by atoms with van der Waals surface area (Å²) in [5.41, 5.74) is 0.918. The van der Waals surface area contributed by atoms with E-state index in [0.29, 0.717) is 18.8 Å². The molecule has 1 saturated carbocycles. The molecule has 19 heavy (non-hydrogen) atoms. The van der Waals surface area contributed by atoms with E-state index >= 15 is 0 Å². The van der Waals surface area contributed by atoms with Gasteiger partial charge >= 0.3 is 5.97 Å². The summed E-state index contributed by atoms with van der Waals surface area (Å²) in [4.78, 5) is 23.1. The first kappa shape index (κ1) is 13.6. The van der Waals surface area contributed by atoms with Gasteiger partial charge in [0.2, 0.25) is 0 Å². The highest BCUT2D eigenvalue weighted by molar-refractivity contribution is 5.94. The van der Waals surface area contributed by atoms with Crippen molar-refractivity contribution in [2.75, 3.05) is 0 Å². The third kappa shape index (κ3) is 3.36. The highest BCUT2D eigenvalue weighted by atomic mass is 16.4. The van der Waals surface area contributed by atoms with Crippen molar-refractivity contribution in [3.05, 3.63) is 23.2 Å². The van der Waals surface area contributed by atoms with E-state index in [9.17, 15) is 9.59 Å². The van der Waals surface area contributed by atoms with E-state index in [1.54, 1.807) is 6.07 Å². The van der Waals surface area contributed by atoms with Crippen LogP contribution < -0.4 is 5.32 Å². The second-order valence-electron chi connectivity index (χ2n) is 5.11. The molecule has 2 N–H and O–H groups in total. The molecule has 0 aromatic carbocycles. The van der Waals surface area contributed by atoms with Crippen molar-refractivity contribution in [3.8, 4) is 0 Å². The molecule has 1 amide bonds. The summed E-state index contributed by atoms with van der Waals surface area (Å²) >= 11 is 0. The van der Waals surface area contributed by atoms with Crippen LogP contribution in [-0.4, -0.2) is 23.0 Å². The minimum Gasteiger partial charge on any atom is -0.480 e. The lowest BCUT2D eigenvalue weighted by atomic mass is 10.1. The topological polar surface area (TPSA) is 79.5 Å². The minimum absolute atomic E-state index is 0.191. The van der Waals surface area contributed by atoms with E-state index in [2.05, 4.69) is 5.32 Å². The Morgan fingerprint density at radius 3 is 2.68 bits per heavy atom. The molecule has 0 bridgehead atoms. The van der Waals surface area contributed by atoms with Crippen molar-refractivity contribution >= 4 is 11.9 Å². The molecule has 1 unspecified atom stereocenters. The van der Waals surface area contributed by atoms with Gasteiger partial charge in [0.15, 0.2) is 5.76 Å². The van der Waals surface area contributed by atoms with Crippen molar-refractivity contribution in [3.63, 3.8) is 0 Å². The minimum atomic E-state index is -0.987. The molecule has 0 radical (unpaired) electrons. The maximum atomic E-state index is 12.0. The normalized spacial score (nSPS) is 16.1. The number of carboxylic acids is 1. The van der Waals surface area contributed by atoms with Gasteiger partial charge in [-0.3, -0.25) is 4.79 Å². The van der Waals surface area contributed by atoms with Crippen LogP contribution >= 0.6 is 0 Å². The molecule has 1 aromatic rings. The van der Waals surface area contributed by atoms with Crippen LogP contribution in [0.5, 0.6) is 0 Å². The average molecular weight is 265 g/mol. The molecule has 1 aliphatic rings. The van der Waals surface area contributed by atoms with Gasteiger partial charge in [0.1, 0.15) is 11.8 Å². The number of carboxylic acid groups (broad SMARTS) is 1. The van der Waals surface area contributed by atoms with Gasteiger partial charge in [-0.2, -0.15) is 0 Å². The zero-order chi connectivity index (χ0) is 14.0. The molecule has 1 fully saturated rings. The van der Waals surface area contributed by atoms with E-state index in [1.807, 2.05) is 13.8 Å². The highest BCUT2D eigenvalue weighted by Crippen LogP contribution is 2.33. The van der Waals surface area contributed by atoms with Crippen LogP contribution in [0.15, 0.2) is 10.5 Å². The third-order valence-corrected chi connectivity index (χ3v) is 3.43. The number of carbonyl (C=O) groups excluding carboxylic acids is 1. The highest BCUT2D eigenvalue weighted by Gasteiger charge is 2.31. The molecule has 1 atom stereocenters. The van der Waals surface area contributed by atoms with Crippen molar-refractivity contribution in [2.45, 2.75) is 45.6 Å². The lowest BCUT2D eigenvalue weighted by Gasteiger charge is -2.12. The van der Waals surface area contributed by atoms with Gasteiger partial charge in [0, 0.05) is 6.42 Å². The van der Waals surface area contributed by atoms with E-state index in [0.717, 1.165) is 24.2 Å². The van der Waals surface area contributed by atoms with Crippen molar-refractivity contribution in [2.24, 2.45) is 5.92 Å². The standard InChI is InChI=1S/C14H19NO4/c1-3-11-8(2)6-12(19-11)13(16)15-10(14(17)18)7-9-4-5-9/h6,9-10H,3-5,7H2,1-2H3,(H,15,16)(H,17,18). The molecule has 0 aliphatic heterocycles. The van der Waals surface area contributed by atoms with Crippen LogP contribution in [0.4, 0.5) is 0 Å². The summed E-state index contributed by atoms with van der Waals surface area (Å²) in [6.45, 7) is 3.82. The number of rotatable bonds is 6. The second-order valence-corrected chi connectivity index (χ2v) is 5.11. The largest absolute Gasteiger partial charge is 0.480 e. The molecule has 1 aromatic heterocycles. The maximum absolute atomic E-state index is 12.0. The summed E-state index contributed by atoms with van der Waals surface area (Å²) in [6, 6.07) is 0.833. The lowest BCUT2D eigenvalue weighted by molar-refractivity contribution is -0.139. The second kappa shape index (κ2) is 5.47. The predicted octanol–water partition coefficient (Wildman–Crippen LogP) is 2.13. The third-order valence-electron chi connectivity index (χ3n) is 3.43. The molecule has 1 heterocycles. The Labute approximate surface area is 112 Å². The van der Waals surface area contributed by atoms with Crippen molar-refractivity contribution < 1.29 is 19.1 Å². The fourth-order valence-electron chi connectivity index (χ4n) is 2.12. The van der Waals surface area contributed by atoms with Gasteiger partial charge in [0.05, 0.1) is 0 Å².